The summed E-state index contributed by atoms with van der Waals surface area (Å²) in [7, 11) is 0. The molecule has 0 radical (unpaired) electrons. The molecule has 1 atom stereocenters. The summed E-state index contributed by atoms with van der Waals surface area (Å²) < 4.78 is 1.85. The molecule has 0 saturated heterocycles. The van der Waals surface area contributed by atoms with Crippen LogP contribution in [-0.2, 0) is 4.79 Å². The number of hydrogen-bond acceptors (Lipinski definition) is 5. The first-order valence-corrected chi connectivity index (χ1v) is 7.99. The lowest BCUT2D eigenvalue weighted by atomic mass is 10.0. The number of carbonyl (C=O) groups is 1. The molecule has 1 aliphatic rings. The summed E-state index contributed by atoms with van der Waals surface area (Å²) in [5, 5.41) is 14.8. The SMILES string of the molecule is CC(C)C[C@H](N)C(=O)Nc1cccc(-c2nnnn2C2CC2)c1.Cl. The number of rotatable bonds is 6. The number of amides is 1. The smallest absolute Gasteiger partial charge is 0.241 e. The molecule has 0 spiro atoms. The number of benzene rings is 1. The number of nitrogens with two attached hydrogens (primary N) is 1. The molecule has 1 saturated carbocycles. The van der Waals surface area contributed by atoms with Crippen LogP contribution in [0.4, 0.5) is 5.69 Å². The average Bonchev–Trinajstić information content (AvgIpc) is 3.23. The summed E-state index contributed by atoms with van der Waals surface area (Å²) in [6, 6.07) is 7.44. The molecule has 130 valence electrons. The molecule has 0 bridgehead atoms. The zero-order valence-corrected chi connectivity index (χ0v) is 14.7. The van der Waals surface area contributed by atoms with Crippen molar-refractivity contribution in [3.8, 4) is 11.4 Å². The van der Waals surface area contributed by atoms with Crippen LogP contribution in [0.2, 0.25) is 0 Å². The molecule has 8 heteroatoms. The van der Waals surface area contributed by atoms with Gasteiger partial charge in [0.25, 0.3) is 0 Å². The van der Waals surface area contributed by atoms with Gasteiger partial charge in [0.1, 0.15) is 0 Å². The van der Waals surface area contributed by atoms with Gasteiger partial charge in [-0.25, -0.2) is 4.68 Å². The van der Waals surface area contributed by atoms with Crippen molar-refractivity contribution in [1.82, 2.24) is 20.2 Å². The van der Waals surface area contributed by atoms with Crippen molar-refractivity contribution >= 4 is 24.0 Å². The van der Waals surface area contributed by atoms with Crippen molar-refractivity contribution in [3.63, 3.8) is 0 Å². The molecule has 1 amide bonds. The van der Waals surface area contributed by atoms with Gasteiger partial charge in [0.2, 0.25) is 5.91 Å². The Kier molecular flexibility index (Phi) is 5.90. The zero-order valence-electron chi connectivity index (χ0n) is 13.8. The second kappa shape index (κ2) is 7.72. The summed E-state index contributed by atoms with van der Waals surface area (Å²) >= 11 is 0. The van der Waals surface area contributed by atoms with Gasteiger partial charge in [-0.05, 0) is 47.7 Å². The van der Waals surface area contributed by atoms with Crippen LogP contribution in [-0.4, -0.2) is 32.2 Å². The third-order valence-corrected chi connectivity index (χ3v) is 3.84. The lowest BCUT2D eigenvalue weighted by molar-refractivity contribution is -0.117. The Morgan fingerprint density at radius 3 is 2.83 bits per heavy atom. The highest BCUT2D eigenvalue weighted by Crippen LogP contribution is 2.36. The van der Waals surface area contributed by atoms with E-state index in [4.69, 9.17) is 5.73 Å². The normalized spacial score (nSPS) is 15.0. The highest BCUT2D eigenvalue weighted by Gasteiger charge is 2.28. The lowest BCUT2D eigenvalue weighted by Gasteiger charge is -2.14. The van der Waals surface area contributed by atoms with E-state index in [2.05, 4.69) is 20.8 Å². The van der Waals surface area contributed by atoms with E-state index in [1.54, 1.807) is 0 Å². The fourth-order valence-corrected chi connectivity index (χ4v) is 2.53. The van der Waals surface area contributed by atoms with E-state index in [0.717, 1.165) is 24.2 Å². The van der Waals surface area contributed by atoms with Crippen LogP contribution >= 0.6 is 12.4 Å². The van der Waals surface area contributed by atoms with Gasteiger partial charge >= 0.3 is 0 Å². The maximum absolute atomic E-state index is 12.1. The Morgan fingerprint density at radius 1 is 1.42 bits per heavy atom. The number of nitrogens with one attached hydrogen (secondary N) is 1. The molecule has 0 aliphatic heterocycles. The van der Waals surface area contributed by atoms with Crippen LogP contribution in [0.1, 0.15) is 39.2 Å². The minimum atomic E-state index is -0.504. The first-order valence-electron chi connectivity index (χ1n) is 7.99. The topological polar surface area (TPSA) is 98.7 Å². The molecule has 1 aliphatic carbocycles. The summed E-state index contributed by atoms with van der Waals surface area (Å²) in [4.78, 5) is 12.1. The van der Waals surface area contributed by atoms with Crippen LogP contribution in [0.3, 0.4) is 0 Å². The van der Waals surface area contributed by atoms with Crippen molar-refractivity contribution in [2.24, 2.45) is 11.7 Å². The molecule has 0 unspecified atom stereocenters. The monoisotopic (exact) mass is 350 g/mol. The molecule has 1 aromatic heterocycles. The van der Waals surface area contributed by atoms with Crippen LogP contribution in [0.25, 0.3) is 11.4 Å². The highest BCUT2D eigenvalue weighted by molar-refractivity contribution is 5.95. The van der Waals surface area contributed by atoms with Gasteiger partial charge in [0, 0.05) is 11.3 Å². The molecule has 1 heterocycles. The molecule has 3 N–H and O–H groups in total. The Labute approximate surface area is 147 Å². The number of halogens is 1. The van der Waals surface area contributed by atoms with Crippen LogP contribution in [0.5, 0.6) is 0 Å². The van der Waals surface area contributed by atoms with Crippen LogP contribution in [0.15, 0.2) is 24.3 Å². The fraction of sp³-hybridized carbons (Fsp3) is 0.500. The quantitative estimate of drug-likeness (QED) is 0.833. The zero-order chi connectivity index (χ0) is 16.4. The van der Waals surface area contributed by atoms with Crippen LogP contribution in [0, 0.1) is 5.92 Å². The van der Waals surface area contributed by atoms with E-state index >= 15 is 0 Å². The number of carbonyl (C=O) groups excluding carboxylic acids is 1. The Balaban J connectivity index is 0.00000208. The maximum Gasteiger partial charge on any atom is 0.241 e. The number of hydrogen-bond donors (Lipinski definition) is 2. The molecule has 24 heavy (non-hydrogen) atoms. The summed E-state index contributed by atoms with van der Waals surface area (Å²) in [6.07, 6.45) is 2.88. The Hall–Kier alpha value is -1.99. The third kappa shape index (κ3) is 4.30. The van der Waals surface area contributed by atoms with Crippen molar-refractivity contribution < 1.29 is 4.79 Å². The lowest BCUT2D eigenvalue weighted by Crippen LogP contribution is -2.36. The largest absolute Gasteiger partial charge is 0.325 e. The van der Waals surface area contributed by atoms with Gasteiger partial charge in [0.05, 0.1) is 12.1 Å². The number of anilines is 1. The minimum Gasteiger partial charge on any atom is -0.325 e. The van der Waals surface area contributed by atoms with Gasteiger partial charge < -0.3 is 11.1 Å². The second-order valence-electron chi connectivity index (χ2n) is 6.48. The van der Waals surface area contributed by atoms with Gasteiger partial charge in [-0.15, -0.1) is 17.5 Å². The van der Waals surface area contributed by atoms with E-state index < -0.39 is 6.04 Å². The van der Waals surface area contributed by atoms with Gasteiger partial charge in [0.15, 0.2) is 5.82 Å². The van der Waals surface area contributed by atoms with Crippen molar-refractivity contribution in [2.45, 2.75) is 45.2 Å². The van der Waals surface area contributed by atoms with Crippen LogP contribution < -0.4 is 11.1 Å². The van der Waals surface area contributed by atoms with E-state index in [0.29, 0.717) is 24.1 Å². The molecular weight excluding hydrogens is 328 g/mol. The van der Waals surface area contributed by atoms with Crippen molar-refractivity contribution in [3.05, 3.63) is 24.3 Å². The predicted molar refractivity (Wildman–Crippen MR) is 94.8 cm³/mol. The molecule has 7 nitrogen and oxygen atoms in total. The van der Waals surface area contributed by atoms with Gasteiger partial charge in [-0.3, -0.25) is 4.79 Å². The molecule has 2 aromatic rings. The highest BCUT2D eigenvalue weighted by atomic mass is 35.5. The molecule has 1 fully saturated rings. The molecule has 1 aromatic carbocycles. The van der Waals surface area contributed by atoms with Crippen molar-refractivity contribution in [1.29, 1.82) is 0 Å². The number of aromatic nitrogens is 4. The number of nitrogens with zero attached hydrogens (tertiary/aromatic N) is 4. The number of tetrazole rings is 1. The first-order chi connectivity index (χ1) is 11.0. The van der Waals surface area contributed by atoms with Crippen molar-refractivity contribution in [2.75, 3.05) is 5.32 Å². The summed E-state index contributed by atoms with van der Waals surface area (Å²) in [5.74, 6) is 0.943. The van der Waals surface area contributed by atoms with E-state index in [-0.39, 0.29) is 18.3 Å². The summed E-state index contributed by atoms with van der Waals surface area (Å²) in [5.41, 5.74) is 7.51. The first kappa shape index (κ1) is 18.4. The molecule has 3 rings (SSSR count). The van der Waals surface area contributed by atoms with E-state index in [9.17, 15) is 4.79 Å². The van der Waals surface area contributed by atoms with E-state index in [1.165, 1.54) is 0 Å². The van der Waals surface area contributed by atoms with Gasteiger partial charge in [-0.1, -0.05) is 26.0 Å². The standard InChI is InChI=1S/C16H22N6O.ClH/c1-10(2)8-14(17)16(23)18-12-5-3-4-11(9-12)15-19-20-21-22(15)13-6-7-13;/h3-5,9-10,13-14H,6-8,17H2,1-2H3,(H,18,23);1H/t14-;/m0./s1. The van der Waals surface area contributed by atoms with Gasteiger partial charge in [-0.2, -0.15) is 0 Å². The minimum absolute atomic E-state index is 0. The third-order valence-electron chi connectivity index (χ3n) is 3.84. The maximum atomic E-state index is 12.1. The Bertz CT molecular complexity index is 697. The predicted octanol–water partition coefficient (Wildman–Crippen LogP) is 2.41. The fourth-order valence-electron chi connectivity index (χ4n) is 2.53. The molecular formula is C16H23ClN6O. The Morgan fingerprint density at radius 2 is 2.17 bits per heavy atom. The summed E-state index contributed by atoms with van der Waals surface area (Å²) in [6.45, 7) is 4.09. The second-order valence-corrected chi connectivity index (χ2v) is 6.48. The average molecular weight is 351 g/mol. The van der Waals surface area contributed by atoms with E-state index in [1.807, 2.05) is 42.8 Å².